The molecule has 1 aliphatic heterocycles. The minimum absolute atomic E-state index is 0.133. The van der Waals surface area contributed by atoms with Gasteiger partial charge in [0.25, 0.3) is 0 Å². The Kier molecular flexibility index (Phi) is 6.66. The van der Waals surface area contributed by atoms with Gasteiger partial charge in [-0.1, -0.05) is 48.5 Å². The molecule has 0 aliphatic carbocycles. The molecular formula is C23H27NO3. The molecule has 0 radical (unpaired) electrons. The van der Waals surface area contributed by atoms with E-state index in [0.29, 0.717) is 26.2 Å². The second-order valence-corrected chi connectivity index (χ2v) is 6.71. The van der Waals surface area contributed by atoms with Crippen LogP contribution < -0.4 is 4.74 Å². The number of ether oxygens (including phenoxy) is 2. The number of carbonyl (C=O) groups excluding carboxylic acids is 1. The topological polar surface area (TPSA) is 38.8 Å². The van der Waals surface area contributed by atoms with Gasteiger partial charge >= 0.3 is 5.97 Å². The van der Waals surface area contributed by atoms with E-state index >= 15 is 0 Å². The largest absolute Gasteiger partial charge is 0.488 e. The third-order valence-corrected chi connectivity index (χ3v) is 4.73. The van der Waals surface area contributed by atoms with Gasteiger partial charge in [0, 0.05) is 18.7 Å². The number of esters is 1. The van der Waals surface area contributed by atoms with Gasteiger partial charge < -0.3 is 14.4 Å². The smallest absolute Gasteiger partial charge is 0.307 e. The highest BCUT2D eigenvalue weighted by Crippen LogP contribution is 2.36. The lowest BCUT2D eigenvalue weighted by molar-refractivity contribution is -0.143. The molecule has 142 valence electrons. The molecule has 4 nitrogen and oxygen atoms in total. The lowest BCUT2D eigenvalue weighted by atomic mass is 9.93. The molecule has 1 aliphatic rings. The maximum atomic E-state index is 11.5. The van der Waals surface area contributed by atoms with E-state index in [1.807, 2.05) is 26.1 Å². The second kappa shape index (κ2) is 9.38. The summed E-state index contributed by atoms with van der Waals surface area (Å²) >= 11 is 0. The van der Waals surface area contributed by atoms with Crippen molar-refractivity contribution in [2.45, 2.75) is 26.4 Å². The summed E-state index contributed by atoms with van der Waals surface area (Å²) in [6.07, 6.45) is 3.62. The van der Waals surface area contributed by atoms with Crippen molar-refractivity contribution in [3.63, 3.8) is 0 Å². The molecule has 0 unspecified atom stereocenters. The van der Waals surface area contributed by atoms with Crippen molar-refractivity contribution in [3.8, 4) is 5.75 Å². The molecule has 2 aromatic carbocycles. The lowest BCUT2D eigenvalue weighted by Gasteiger charge is -2.16. The SMILES string of the molecule is CCOC(=O)CCN(C)CCC=C1c2ccccc2COc2ccccc21. The van der Waals surface area contributed by atoms with Gasteiger partial charge in [0.05, 0.1) is 13.0 Å². The molecule has 0 N–H and O–H groups in total. The highest BCUT2D eigenvalue weighted by atomic mass is 16.5. The summed E-state index contributed by atoms with van der Waals surface area (Å²) < 4.78 is 11.0. The number of nitrogens with zero attached hydrogens (tertiary/aromatic N) is 1. The fraction of sp³-hybridized carbons (Fsp3) is 0.348. The van der Waals surface area contributed by atoms with Gasteiger partial charge in [-0.2, -0.15) is 0 Å². The summed E-state index contributed by atoms with van der Waals surface area (Å²) in [6, 6.07) is 16.6. The van der Waals surface area contributed by atoms with Crippen molar-refractivity contribution in [1.29, 1.82) is 0 Å². The Balaban J connectivity index is 1.72. The number of rotatable bonds is 7. The highest BCUT2D eigenvalue weighted by Gasteiger charge is 2.18. The number of carbonyl (C=O) groups is 1. The number of para-hydroxylation sites is 1. The zero-order valence-corrected chi connectivity index (χ0v) is 16.1. The van der Waals surface area contributed by atoms with Crippen LogP contribution in [0.2, 0.25) is 0 Å². The Bertz CT molecular complexity index is 763. The molecule has 0 saturated carbocycles. The fourth-order valence-corrected chi connectivity index (χ4v) is 3.30. The van der Waals surface area contributed by atoms with Crippen LogP contribution in [0.15, 0.2) is 54.6 Å². The molecule has 2 aromatic rings. The summed E-state index contributed by atoms with van der Waals surface area (Å²) in [5.41, 5.74) is 4.79. The number of fused-ring (bicyclic) bond motifs is 2. The van der Waals surface area contributed by atoms with Gasteiger partial charge in [0.1, 0.15) is 12.4 Å². The maximum Gasteiger partial charge on any atom is 0.307 e. The zero-order chi connectivity index (χ0) is 19.1. The van der Waals surface area contributed by atoms with Gasteiger partial charge in [-0.05, 0) is 43.2 Å². The molecule has 3 rings (SSSR count). The molecule has 0 bridgehead atoms. The van der Waals surface area contributed by atoms with Crippen LogP contribution in [-0.2, 0) is 16.1 Å². The molecule has 0 spiro atoms. The van der Waals surface area contributed by atoms with Crippen molar-refractivity contribution in [1.82, 2.24) is 4.90 Å². The molecule has 0 amide bonds. The summed E-state index contributed by atoms with van der Waals surface area (Å²) in [5.74, 6) is 0.794. The summed E-state index contributed by atoms with van der Waals surface area (Å²) in [5, 5.41) is 0. The standard InChI is InChI=1S/C23H27NO3/c1-3-26-23(25)14-16-24(2)15-8-12-20-19-10-5-4-9-18(19)17-27-22-13-7-6-11-21(20)22/h4-7,9-13H,3,8,14-17H2,1-2H3. The number of hydrogen-bond donors (Lipinski definition) is 0. The molecule has 0 saturated heterocycles. The van der Waals surface area contributed by atoms with E-state index in [9.17, 15) is 4.79 Å². The molecular weight excluding hydrogens is 338 g/mol. The zero-order valence-electron chi connectivity index (χ0n) is 16.1. The third kappa shape index (κ3) is 4.98. The van der Waals surface area contributed by atoms with Crippen molar-refractivity contribution in [2.75, 3.05) is 26.7 Å². The molecule has 0 fully saturated rings. The predicted molar refractivity (Wildman–Crippen MR) is 108 cm³/mol. The second-order valence-electron chi connectivity index (χ2n) is 6.71. The average Bonchev–Trinajstić information content (AvgIpc) is 2.84. The maximum absolute atomic E-state index is 11.5. The Morgan fingerprint density at radius 2 is 1.85 bits per heavy atom. The van der Waals surface area contributed by atoms with E-state index in [-0.39, 0.29) is 5.97 Å². The van der Waals surface area contributed by atoms with Crippen LogP contribution in [-0.4, -0.2) is 37.6 Å². The molecule has 4 heteroatoms. The first kappa shape index (κ1) is 19.2. The molecule has 27 heavy (non-hydrogen) atoms. The Morgan fingerprint density at radius 1 is 1.11 bits per heavy atom. The van der Waals surface area contributed by atoms with Crippen molar-refractivity contribution >= 4 is 11.5 Å². The minimum atomic E-state index is -0.133. The van der Waals surface area contributed by atoms with E-state index in [2.05, 4.69) is 47.4 Å². The Morgan fingerprint density at radius 3 is 2.67 bits per heavy atom. The molecule has 1 heterocycles. The minimum Gasteiger partial charge on any atom is -0.488 e. The lowest BCUT2D eigenvalue weighted by Crippen LogP contribution is -2.23. The normalized spacial score (nSPS) is 14.3. The monoisotopic (exact) mass is 365 g/mol. The van der Waals surface area contributed by atoms with Crippen LogP contribution in [0.25, 0.3) is 5.57 Å². The quantitative estimate of drug-likeness (QED) is 0.686. The average molecular weight is 365 g/mol. The highest BCUT2D eigenvalue weighted by molar-refractivity contribution is 5.84. The van der Waals surface area contributed by atoms with Crippen molar-refractivity contribution in [3.05, 3.63) is 71.3 Å². The van der Waals surface area contributed by atoms with E-state index in [4.69, 9.17) is 9.47 Å². The first-order valence-corrected chi connectivity index (χ1v) is 9.54. The first-order valence-electron chi connectivity index (χ1n) is 9.54. The van der Waals surface area contributed by atoms with Crippen molar-refractivity contribution < 1.29 is 14.3 Å². The van der Waals surface area contributed by atoms with E-state index in [1.165, 1.54) is 16.7 Å². The van der Waals surface area contributed by atoms with Crippen LogP contribution >= 0.6 is 0 Å². The van der Waals surface area contributed by atoms with Gasteiger partial charge in [-0.15, -0.1) is 0 Å². The predicted octanol–water partition coefficient (Wildman–Crippen LogP) is 4.29. The van der Waals surface area contributed by atoms with Crippen LogP contribution in [0, 0.1) is 0 Å². The van der Waals surface area contributed by atoms with E-state index in [1.54, 1.807) is 0 Å². The molecule has 0 atom stereocenters. The number of hydrogen-bond acceptors (Lipinski definition) is 4. The van der Waals surface area contributed by atoms with E-state index < -0.39 is 0 Å². The van der Waals surface area contributed by atoms with Gasteiger partial charge in [-0.3, -0.25) is 4.79 Å². The summed E-state index contributed by atoms with van der Waals surface area (Å²) in [4.78, 5) is 13.7. The first-order chi connectivity index (χ1) is 13.2. The van der Waals surface area contributed by atoms with Crippen LogP contribution in [0.1, 0.15) is 36.5 Å². The third-order valence-electron chi connectivity index (χ3n) is 4.73. The van der Waals surface area contributed by atoms with Crippen molar-refractivity contribution in [2.24, 2.45) is 0 Å². The Hall–Kier alpha value is -2.59. The fourth-order valence-electron chi connectivity index (χ4n) is 3.30. The van der Waals surface area contributed by atoms with Gasteiger partial charge in [0.15, 0.2) is 0 Å². The van der Waals surface area contributed by atoms with Crippen LogP contribution in [0.3, 0.4) is 0 Å². The van der Waals surface area contributed by atoms with Crippen LogP contribution in [0.4, 0.5) is 0 Å². The van der Waals surface area contributed by atoms with Gasteiger partial charge in [-0.25, -0.2) is 0 Å². The number of benzene rings is 2. The molecule has 0 aromatic heterocycles. The van der Waals surface area contributed by atoms with Crippen LogP contribution in [0.5, 0.6) is 5.75 Å². The Labute approximate surface area is 161 Å². The summed E-state index contributed by atoms with van der Waals surface area (Å²) in [7, 11) is 2.04. The summed E-state index contributed by atoms with van der Waals surface area (Å²) in [6.45, 7) is 4.45. The van der Waals surface area contributed by atoms with E-state index in [0.717, 1.165) is 24.3 Å². The van der Waals surface area contributed by atoms with Gasteiger partial charge in [0.2, 0.25) is 0 Å².